The molecule has 55 valence electrons. The minimum absolute atomic E-state index is 0.684. The van der Waals surface area contributed by atoms with Crippen LogP contribution in [0.4, 0.5) is 0 Å². The third-order valence-electron chi connectivity index (χ3n) is 1.81. The van der Waals surface area contributed by atoms with Crippen LogP contribution in [0, 0.1) is 17.9 Å². The summed E-state index contributed by atoms with van der Waals surface area (Å²) >= 11 is 0. The van der Waals surface area contributed by atoms with Gasteiger partial charge in [0.2, 0.25) is 0 Å². The maximum absolute atomic E-state index is 3.31. The summed E-state index contributed by atoms with van der Waals surface area (Å²) in [5.74, 6) is 1.37. The summed E-state index contributed by atoms with van der Waals surface area (Å²) in [7, 11) is 0. The Kier molecular flexibility index (Phi) is 2.73. The Morgan fingerprint density at radius 1 is 1.30 bits per heavy atom. The van der Waals surface area contributed by atoms with Crippen molar-refractivity contribution in [3.05, 3.63) is 24.3 Å². The summed E-state index contributed by atoms with van der Waals surface area (Å²) in [5.41, 5.74) is 0. The highest BCUT2D eigenvalue weighted by atomic mass is 14.0. The fraction of sp³-hybridized carbons (Fsp3) is 0.600. The second kappa shape index (κ2) is 3.60. The van der Waals surface area contributed by atoms with Gasteiger partial charge in [0.15, 0.2) is 0 Å². The quantitative estimate of drug-likeness (QED) is 0.448. The third-order valence-corrected chi connectivity index (χ3v) is 1.81. The predicted octanol–water partition coefficient (Wildman–Crippen LogP) is 2.97. The lowest BCUT2D eigenvalue weighted by molar-refractivity contribution is 0.672. The largest absolute Gasteiger partial charge is 0.0877 e. The molecule has 0 heterocycles. The highest BCUT2D eigenvalue weighted by Gasteiger charge is 1.99. The maximum atomic E-state index is 3.31. The summed E-state index contributed by atoms with van der Waals surface area (Å²) in [6, 6.07) is 0. The minimum atomic E-state index is 0.684. The van der Waals surface area contributed by atoms with Crippen LogP contribution < -0.4 is 0 Å². The van der Waals surface area contributed by atoms with Crippen molar-refractivity contribution in [2.75, 3.05) is 0 Å². The van der Waals surface area contributed by atoms with Gasteiger partial charge in [0.1, 0.15) is 0 Å². The summed E-state index contributed by atoms with van der Waals surface area (Å²) in [5, 5.41) is 0. The normalized spacial score (nSPS) is 39.8. The molecule has 0 spiro atoms. The van der Waals surface area contributed by atoms with Crippen molar-refractivity contribution >= 4 is 0 Å². The maximum Gasteiger partial charge on any atom is -0.0219 e. The minimum Gasteiger partial charge on any atom is -0.0877 e. The molecule has 0 bridgehead atoms. The van der Waals surface area contributed by atoms with Gasteiger partial charge in [-0.25, -0.2) is 0 Å². The molecule has 0 aromatic rings. The van der Waals surface area contributed by atoms with Gasteiger partial charge in [-0.1, -0.05) is 32.1 Å². The van der Waals surface area contributed by atoms with Crippen LogP contribution >= 0.6 is 0 Å². The van der Waals surface area contributed by atoms with Crippen LogP contribution in [0.5, 0.6) is 0 Å². The van der Waals surface area contributed by atoms with Gasteiger partial charge >= 0.3 is 0 Å². The summed E-state index contributed by atoms with van der Waals surface area (Å²) in [4.78, 5) is 0. The molecule has 1 radical (unpaired) electrons. The lowest BCUT2D eigenvalue weighted by Gasteiger charge is -2.07. The molecule has 0 saturated carbocycles. The Hall–Kier alpha value is -0.520. The van der Waals surface area contributed by atoms with Gasteiger partial charge in [-0.3, -0.25) is 0 Å². The fourth-order valence-corrected chi connectivity index (χ4v) is 1.12. The molecule has 2 atom stereocenters. The van der Waals surface area contributed by atoms with E-state index in [1.165, 1.54) is 6.42 Å². The van der Waals surface area contributed by atoms with E-state index in [0.29, 0.717) is 11.8 Å². The number of rotatable bonds is 0. The van der Waals surface area contributed by atoms with Gasteiger partial charge < -0.3 is 0 Å². The molecule has 1 rings (SSSR count). The van der Waals surface area contributed by atoms with E-state index in [9.17, 15) is 0 Å². The van der Waals surface area contributed by atoms with Crippen LogP contribution in [0.2, 0.25) is 0 Å². The molecule has 1 aliphatic carbocycles. The molecule has 0 amide bonds. The second-order valence-electron chi connectivity index (χ2n) is 3.19. The van der Waals surface area contributed by atoms with Crippen LogP contribution in [0.25, 0.3) is 0 Å². The molecule has 2 unspecified atom stereocenters. The van der Waals surface area contributed by atoms with Crippen LogP contribution in [0.3, 0.4) is 0 Å². The molecule has 0 N–H and O–H groups in total. The summed E-state index contributed by atoms with van der Waals surface area (Å²) in [6.45, 7) is 4.46. The molecular formula is C10H15. The summed E-state index contributed by atoms with van der Waals surface area (Å²) < 4.78 is 0. The summed E-state index contributed by atoms with van der Waals surface area (Å²) in [6.07, 6.45) is 12.3. The first kappa shape index (κ1) is 7.59. The molecule has 0 nitrogen and oxygen atoms in total. The van der Waals surface area contributed by atoms with Gasteiger partial charge in [-0.05, 0) is 30.8 Å². The molecule has 1 aliphatic rings. The molecular weight excluding hydrogens is 120 g/mol. The van der Waals surface area contributed by atoms with Crippen molar-refractivity contribution in [2.24, 2.45) is 11.8 Å². The first-order chi connectivity index (χ1) is 4.79. The molecule has 10 heavy (non-hydrogen) atoms. The first-order valence-corrected chi connectivity index (χ1v) is 4.02. The Labute approximate surface area is 63.6 Å². The van der Waals surface area contributed by atoms with E-state index < -0.39 is 0 Å². The van der Waals surface area contributed by atoms with E-state index in [0.717, 1.165) is 6.42 Å². The number of allylic oxidation sites excluding steroid dienone is 4. The zero-order valence-electron chi connectivity index (χ0n) is 6.80. The number of hydrogen-bond donors (Lipinski definition) is 0. The van der Waals surface area contributed by atoms with Gasteiger partial charge in [0, 0.05) is 0 Å². The van der Waals surface area contributed by atoms with Crippen molar-refractivity contribution in [3.8, 4) is 0 Å². The Morgan fingerprint density at radius 2 is 2.10 bits per heavy atom. The van der Waals surface area contributed by atoms with Crippen molar-refractivity contribution < 1.29 is 0 Å². The van der Waals surface area contributed by atoms with Gasteiger partial charge in [0.05, 0.1) is 0 Å². The monoisotopic (exact) mass is 135 g/mol. The molecule has 0 aromatic heterocycles. The lowest BCUT2D eigenvalue weighted by Crippen LogP contribution is -1.94. The van der Waals surface area contributed by atoms with E-state index in [4.69, 9.17) is 0 Å². The van der Waals surface area contributed by atoms with Gasteiger partial charge in [-0.2, -0.15) is 0 Å². The zero-order valence-corrected chi connectivity index (χ0v) is 6.80. The third kappa shape index (κ3) is 2.38. The van der Waals surface area contributed by atoms with Crippen LogP contribution in [-0.2, 0) is 0 Å². The standard InChI is InChI=1S/C10H15/c1-9-5-3-7-10(2)8-4-6-9/h3,5,8-10H,6-7H2,1-2H3/b5-3-,8-4?. The lowest BCUT2D eigenvalue weighted by atomic mass is 9.98. The van der Waals surface area contributed by atoms with Gasteiger partial charge in [0.25, 0.3) is 0 Å². The van der Waals surface area contributed by atoms with E-state index >= 15 is 0 Å². The van der Waals surface area contributed by atoms with E-state index in [1.807, 2.05) is 0 Å². The van der Waals surface area contributed by atoms with Crippen molar-refractivity contribution in [1.82, 2.24) is 0 Å². The Bertz CT molecular complexity index is 124. The molecule has 0 fully saturated rings. The topological polar surface area (TPSA) is 0 Å². The molecule has 0 heteroatoms. The van der Waals surface area contributed by atoms with E-state index in [-0.39, 0.29) is 0 Å². The predicted molar refractivity (Wildman–Crippen MR) is 44.5 cm³/mol. The van der Waals surface area contributed by atoms with Crippen LogP contribution in [-0.4, -0.2) is 0 Å². The fourth-order valence-electron chi connectivity index (χ4n) is 1.12. The average Bonchev–Trinajstić information content (AvgIpc) is 1.84. The highest BCUT2D eigenvalue weighted by molar-refractivity contribution is 4.96. The van der Waals surface area contributed by atoms with Crippen molar-refractivity contribution in [2.45, 2.75) is 26.7 Å². The van der Waals surface area contributed by atoms with Crippen LogP contribution in [0.15, 0.2) is 18.2 Å². The SMILES string of the molecule is CC1/C=C\CC(C)/C=[C]\C1. The van der Waals surface area contributed by atoms with E-state index in [2.05, 4.69) is 38.2 Å². The highest BCUT2D eigenvalue weighted by Crippen LogP contribution is 2.13. The first-order valence-electron chi connectivity index (χ1n) is 4.02. The smallest absolute Gasteiger partial charge is 0.0219 e. The Balaban J connectivity index is 2.48. The Morgan fingerprint density at radius 3 is 2.90 bits per heavy atom. The van der Waals surface area contributed by atoms with Crippen molar-refractivity contribution in [1.29, 1.82) is 0 Å². The number of hydrogen-bond acceptors (Lipinski definition) is 0. The van der Waals surface area contributed by atoms with Crippen molar-refractivity contribution in [3.63, 3.8) is 0 Å². The van der Waals surface area contributed by atoms with Gasteiger partial charge in [-0.15, -0.1) is 0 Å². The molecule has 0 aliphatic heterocycles. The van der Waals surface area contributed by atoms with E-state index in [1.54, 1.807) is 0 Å². The molecule has 0 saturated heterocycles. The zero-order chi connectivity index (χ0) is 7.40. The average molecular weight is 135 g/mol. The second-order valence-corrected chi connectivity index (χ2v) is 3.19. The molecule has 0 aromatic carbocycles. The van der Waals surface area contributed by atoms with Crippen LogP contribution in [0.1, 0.15) is 26.7 Å².